The van der Waals surface area contributed by atoms with Crippen LogP contribution in [0.4, 0.5) is 5.69 Å². The van der Waals surface area contributed by atoms with Gasteiger partial charge in [-0.2, -0.15) is 11.8 Å². The molecule has 20 heavy (non-hydrogen) atoms. The predicted octanol–water partition coefficient (Wildman–Crippen LogP) is 3.70. The van der Waals surface area contributed by atoms with E-state index in [4.69, 9.17) is 4.74 Å². The summed E-state index contributed by atoms with van der Waals surface area (Å²) >= 11 is 1.91. The van der Waals surface area contributed by atoms with Crippen LogP contribution in [0.3, 0.4) is 0 Å². The fraction of sp³-hybridized carbons (Fsp3) is 0.562. The van der Waals surface area contributed by atoms with Gasteiger partial charge in [0.15, 0.2) is 0 Å². The number of nitrogens with one attached hydrogen (secondary N) is 1. The number of amides is 1. The van der Waals surface area contributed by atoms with Gasteiger partial charge in [-0.25, -0.2) is 0 Å². The van der Waals surface area contributed by atoms with Crippen molar-refractivity contribution < 1.29 is 9.53 Å². The number of ether oxygens (including phenoxy) is 1. The molecule has 1 aromatic carbocycles. The lowest BCUT2D eigenvalue weighted by Gasteiger charge is -2.26. The number of carbonyl (C=O) groups excluding carboxylic acids is 1. The Balaban J connectivity index is 1.58. The standard InChI is InChI=1S/C16H21NO2S/c1-16(8-2-3-9-16)15(18)17-12-4-6-13(7-5-12)19-14-10-20-11-14/h4-7,14H,2-3,8-11H2,1H3,(H,17,18). The van der Waals surface area contributed by atoms with Crippen molar-refractivity contribution in [2.75, 3.05) is 16.8 Å². The number of rotatable bonds is 4. The molecule has 4 heteroatoms. The summed E-state index contributed by atoms with van der Waals surface area (Å²) in [5.41, 5.74) is 0.677. The Morgan fingerprint density at radius 3 is 2.45 bits per heavy atom. The van der Waals surface area contributed by atoms with E-state index in [1.165, 1.54) is 0 Å². The molecule has 1 saturated carbocycles. The van der Waals surface area contributed by atoms with Gasteiger partial charge in [0.1, 0.15) is 11.9 Å². The Kier molecular flexibility index (Phi) is 3.92. The normalized spacial score (nSPS) is 21.2. The molecule has 2 aliphatic rings. The molecule has 2 fully saturated rings. The zero-order valence-corrected chi connectivity index (χ0v) is 12.7. The van der Waals surface area contributed by atoms with Crippen LogP contribution in [0, 0.1) is 5.41 Å². The molecule has 0 spiro atoms. The minimum atomic E-state index is -0.182. The highest BCUT2D eigenvalue weighted by Crippen LogP contribution is 2.38. The van der Waals surface area contributed by atoms with Gasteiger partial charge in [0.25, 0.3) is 0 Å². The number of anilines is 1. The van der Waals surface area contributed by atoms with Gasteiger partial charge in [-0.1, -0.05) is 19.8 Å². The van der Waals surface area contributed by atoms with Crippen molar-refractivity contribution in [3.05, 3.63) is 24.3 Å². The van der Waals surface area contributed by atoms with Gasteiger partial charge in [-0.05, 0) is 37.1 Å². The lowest BCUT2D eigenvalue weighted by atomic mass is 9.88. The summed E-state index contributed by atoms with van der Waals surface area (Å²) in [6, 6.07) is 7.74. The lowest BCUT2D eigenvalue weighted by molar-refractivity contribution is -0.124. The fourth-order valence-corrected chi connectivity index (χ4v) is 3.32. The minimum absolute atomic E-state index is 0.152. The molecule has 0 atom stereocenters. The van der Waals surface area contributed by atoms with E-state index < -0.39 is 0 Å². The van der Waals surface area contributed by atoms with Crippen LogP contribution in [-0.2, 0) is 4.79 Å². The van der Waals surface area contributed by atoms with Crippen LogP contribution in [-0.4, -0.2) is 23.5 Å². The number of thioether (sulfide) groups is 1. The molecule has 0 radical (unpaired) electrons. The Bertz CT molecular complexity index is 476. The van der Waals surface area contributed by atoms with E-state index in [2.05, 4.69) is 12.2 Å². The summed E-state index contributed by atoms with van der Waals surface area (Å²) < 4.78 is 5.80. The molecule has 108 valence electrons. The van der Waals surface area contributed by atoms with Gasteiger partial charge in [-0.15, -0.1) is 0 Å². The Hall–Kier alpha value is -1.16. The van der Waals surface area contributed by atoms with Gasteiger partial charge >= 0.3 is 0 Å². The van der Waals surface area contributed by atoms with E-state index in [1.807, 2.05) is 36.0 Å². The van der Waals surface area contributed by atoms with Gasteiger partial charge in [0, 0.05) is 22.6 Å². The highest BCUT2D eigenvalue weighted by molar-refractivity contribution is 8.00. The van der Waals surface area contributed by atoms with Crippen LogP contribution < -0.4 is 10.1 Å². The summed E-state index contributed by atoms with van der Waals surface area (Å²) in [6.45, 7) is 2.07. The summed E-state index contributed by atoms with van der Waals surface area (Å²) in [5.74, 6) is 3.20. The first-order valence-corrected chi connectivity index (χ1v) is 8.47. The Morgan fingerprint density at radius 2 is 1.90 bits per heavy atom. The van der Waals surface area contributed by atoms with Gasteiger partial charge in [-0.3, -0.25) is 4.79 Å². The second-order valence-corrected chi connectivity index (χ2v) is 7.10. The minimum Gasteiger partial charge on any atom is -0.489 e. The zero-order valence-electron chi connectivity index (χ0n) is 11.9. The van der Waals surface area contributed by atoms with Crippen LogP contribution in [0.1, 0.15) is 32.6 Å². The molecule has 0 bridgehead atoms. The molecule has 0 unspecified atom stereocenters. The van der Waals surface area contributed by atoms with Crippen molar-refractivity contribution in [3.8, 4) is 5.75 Å². The third kappa shape index (κ3) is 2.95. The average molecular weight is 291 g/mol. The second kappa shape index (κ2) is 5.68. The van der Waals surface area contributed by atoms with E-state index in [9.17, 15) is 4.79 Å². The number of carbonyl (C=O) groups is 1. The zero-order chi connectivity index (χ0) is 14.0. The summed E-state index contributed by atoms with van der Waals surface area (Å²) in [4.78, 5) is 12.3. The molecule has 1 amide bonds. The van der Waals surface area contributed by atoms with Crippen LogP contribution >= 0.6 is 11.8 Å². The van der Waals surface area contributed by atoms with Crippen molar-refractivity contribution in [3.63, 3.8) is 0 Å². The number of benzene rings is 1. The van der Waals surface area contributed by atoms with Crippen LogP contribution in [0.5, 0.6) is 5.75 Å². The molecular formula is C16H21NO2S. The molecule has 1 aliphatic heterocycles. The summed E-state index contributed by atoms with van der Waals surface area (Å²) in [6.07, 6.45) is 4.68. The third-order valence-corrected chi connectivity index (χ3v) is 5.49. The number of hydrogen-bond donors (Lipinski definition) is 1. The molecule has 1 N–H and O–H groups in total. The fourth-order valence-electron chi connectivity index (χ4n) is 2.76. The van der Waals surface area contributed by atoms with Crippen LogP contribution in [0.2, 0.25) is 0 Å². The molecule has 1 saturated heterocycles. The maximum atomic E-state index is 12.3. The number of hydrogen-bond acceptors (Lipinski definition) is 3. The first kappa shape index (κ1) is 13.8. The van der Waals surface area contributed by atoms with Crippen molar-refractivity contribution in [1.82, 2.24) is 0 Å². The van der Waals surface area contributed by atoms with E-state index in [1.54, 1.807) is 0 Å². The largest absolute Gasteiger partial charge is 0.489 e. The lowest BCUT2D eigenvalue weighted by Crippen LogP contribution is -2.31. The maximum Gasteiger partial charge on any atom is 0.230 e. The van der Waals surface area contributed by atoms with E-state index >= 15 is 0 Å². The predicted molar refractivity (Wildman–Crippen MR) is 83.4 cm³/mol. The molecule has 3 rings (SSSR count). The van der Waals surface area contributed by atoms with Crippen LogP contribution in [0.15, 0.2) is 24.3 Å². The van der Waals surface area contributed by atoms with Crippen molar-refractivity contribution in [2.45, 2.75) is 38.7 Å². The topological polar surface area (TPSA) is 38.3 Å². The smallest absolute Gasteiger partial charge is 0.230 e. The second-order valence-electron chi connectivity index (χ2n) is 6.02. The first-order chi connectivity index (χ1) is 9.66. The summed E-state index contributed by atoms with van der Waals surface area (Å²) in [5, 5.41) is 3.03. The molecule has 3 nitrogen and oxygen atoms in total. The highest BCUT2D eigenvalue weighted by atomic mass is 32.2. The molecule has 0 aromatic heterocycles. The molecule has 1 aliphatic carbocycles. The van der Waals surface area contributed by atoms with E-state index in [0.717, 1.165) is 48.6 Å². The van der Waals surface area contributed by atoms with Crippen molar-refractivity contribution in [1.29, 1.82) is 0 Å². The summed E-state index contributed by atoms with van der Waals surface area (Å²) in [7, 11) is 0. The van der Waals surface area contributed by atoms with Crippen LogP contribution in [0.25, 0.3) is 0 Å². The Labute approximate surface area is 124 Å². The van der Waals surface area contributed by atoms with Crippen molar-refractivity contribution in [2.24, 2.45) is 5.41 Å². The monoisotopic (exact) mass is 291 g/mol. The third-order valence-electron chi connectivity index (χ3n) is 4.28. The average Bonchev–Trinajstić information content (AvgIpc) is 2.84. The first-order valence-electron chi connectivity index (χ1n) is 7.32. The molecule has 1 heterocycles. The van der Waals surface area contributed by atoms with E-state index in [-0.39, 0.29) is 11.3 Å². The molecular weight excluding hydrogens is 270 g/mol. The maximum absolute atomic E-state index is 12.3. The highest BCUT2D eigenvalue weighted by Gasteiger charge is 2.36. The van der Waals surface area contributed by atoms with Gasteiger partial charge < -0.3 is 10.1 Å². The van der Waals surface area contributed by atoms with Gasteiger partial charge in [0.2, 0.25) is 5.91 Å². The van der Waals surface area contributed by atoms with Crippen molar-refractivity contribution >= 4 is 23.4 Å². The quantitative estimate of drug-likeness (QED) is 0.919. The SMILES string of the molecule is CC1(C(=O)Nc2ccc(OC3CSC3)cc2)CCCC1. The van der Waals surface area contributed by atoms with Gasteiger partial charge in [0.05, 0.1) is 0 Å². The Morgan fingerprint density at radius 1 is 1.25 bits per heavy atom. The van der Waals surface area contributed by atoms with E-state index in [0.29, 0.717) is 6.10 Å². The molecule has 1 aromatic rings.